The number of nitrogens with one attached hydrogen (secondary N) is 1. The molecule has 8 heteroatoms. The van der Waals surface area contributed by atoms with Gasteiger partial charge in [0, 0.05) is 18.2 Å². The Bertz CT molecular complexity index is 1380. The van der Waals surface area contributed by atoms with Gasteiger partial charge in [-0.2, -0.15) is 0 Å². The molecule has 166 valence electrons. The van der Waals surface area contributed by atoms with Gasteiger partial charge in [-0.15, -0.1) is 0 Å². The smallest absolute Gasteiger partial charge is 0.267 e. The van der Waals surface area contributed by atoms with Gasteiger partial charge in [0.2, 0.25) is 5.91 Å². The van der Waals surface area contributed by atoms with Gasteiger partial charge < -0.3 is 10.1 Å². The van der Waals surface area contributed by atoms with Crippen LogP contribution in [-0.4, -0.2) is 32.8 Å². The minimum Gasteiger partial charge on any atom is -0.493 e. The molecule has 33 heavy (non-hydrogen) atoms. The van der Waals surface area contributed by atoms with Crippen molar-refractivity contribution >= 4 is 28.6 Å². The summed E-state index contributed by atoms with van der Waals surface area (Å²) >= 11 is 1.22. The van der Waals surface area contributed by atoms with E-state index in [0.29, 0.717) is 34.9 Å². The number of fused-ring (bicyclic) bond motifs is 2. The highest BCUT2D eigenvalue weighted by Crippen LogP contribution is 2.31. The average Bonchev–Trinajstić information content (AvgIpc) is 2.84. The Balaban J connectivity index is 1.42. The first-order chi connectivity index (χ1) is 16.1. The molecule has 0 saturated heterocycles. The van der Waals surface area contributed by atoms with Crippen LogP contribution in [0, 0.1) is 6.92 Å². The Morgan fingerprint density at radius 1 is 1.15 bits per heavy atom. The molecule has 1 aliphatic rings. The van der Waals surface area contributed by atoms with Gasteiger partial charge in [-0.25, -0.2) is 14.5 Å². The molecule has 0 fully saturated rings. The second-order valence-corrected chi connectivity index (χ2v) is 8.77. The van der Waals surface area contributed by atoms with Crippen molar-refractivity contribution in [3.63, 3.8) is 0 Å². The number of pyridine rings is 1. The topological polar surface area (TPSA) is 86.1 Å². The van der Waals surface area contributed by atoms with Gasteiger partial charge in [0.1, 0.15) is 11.6 Å². The van der Waals surface area contributed by atoms with Gasteiger partial charge in [0.05, 0.1) is 29.3 Å². The molecule has 7 nitrogen and oxygen atoms in total. The lowest BCUT2D eigenvalue weighted by Gasteiger charge is -2.26. The van der Waals surface area contributed by atoms with Crippen LogP contribution in [0.15, 0.2) is 76.8 Å². The van der Waals surface area contributed by atoms with Crippen LogP contribution in [-0.2, 0) is 4.79 Å². The normalized spacial score (nSPS) is 15.0. The summed E-state index contributed by atoms with van der Waals surface area (Å²) < 4.78 is 7.16. The largest absolute Gasteiger partial charge is 0.493 e. The SMILES string of the molecule is Cc1ccc(-n2c(SCC(=O)NC3CCOc4ccccc43)nc3ccccc3c2=O)nc1. The summed E-state index contributed by atoms with van der Waals surface area (Å²) in [7, 11) is 0. The molecule has 1 unspecified atom stereocenters. The molecule has 2 aromatic heterocycles. The van der Waals surface area contributed by atoms with Crippen LogP contribution in [0.25, 0.3) is 16.7 Å². The van der Waals surface area contributed by atoms with E-state index in [1.807, 2.05) is 49.4 Å². The maximum atomic E-state index is 13.3. The number of hydrogen-bond acceptors (Lipinski definition) is 6. The Morgan fingerprint density at radius 2 is 1.97 bits per heavy atom. The fourth-order valence-corrected chi connectivity index (χ4v) is 4.67. The zero-order chi connectivity index (χ0) is 22.8. The predicted molar refractivity (Wildman–Crippen MR) is 128 cm³/mol. The van der Waals surface area contributed by atoms with E-state index in [1.54, 1.807) is 24.4 Å². The lowest BCUT2D eigenvalue weighted by Crippen LogP contribution is -2.33. The first kappa shape index (κ1) is 21.2. The number of rotatable bonds is 5. The molecule has 1 amide bonds. The van der Waals surface area contributed by atoms with Crippen LogP contribution in [0.4, 0.5) is 0 Å². The van der Waals surface area contributed by atoms with E-state index in [9.17, 15) is 9.59 Å². The van der Waals surface area contributed by atoms with Gasteiger partial charge in [-0.05, 0) is 36.8 Å². The zero-order valence-corrected chi connectivity index (χ0v) is 18.8. The van der Waals surface area contributed by atoms with Gasteiger partial charge in [-0.1, -0.05) is 48.2 Å². The quantitative estimate of drug-likeness (QED) is 0.361. The molecule has 0 radical (unpaired) electrons. The third kappa shape index (κ3) is 4.34. The van der Waals surface area contributed by atoms with Crippen molar-refractivity contribution in [2.45, 2.75) is 24.5 Å². The van der Waals surface area contributed by atoms with Crippen LogP contribution < -0.4 is 15.6 Å². The van der Waals surface area contributed by atoms with Gasteiger partial charge in [0.25, 0.3) is 5.56 Å². The van der Waals surface area contributed by atoms with E-state index in [-0.39, 0.29) is 23.3 Å². The summed E-state index contributed by atoms with van der Waals surface area (Å²) in [6.45, 7) is 2.49. The molecule has 2 aromatic carbocycles. The molecule has 4 aromatic rings. The molecule has 0 aliphatic carbocycles. The second kappa shape index (κ2) is 9.07. The fourth-order valence-electron chi connectivity index (χ4n) is 3.86. The number of hydrogen-bond donors (Lipinski definition) is 1. The third-order valence-electron chi connectivity index (χ3n) is 5.50. The number of nitrogens with zero attached hydrogens (tertiary/aromatic N) is 3. The molecule has 1 atom stereocenters. The van der Waals surface area contributed by atoms with Gasteiger partial charge >= 0.3 is 0 Å². The van der Waals surface area contributed by atoms with E-state index in [0.717, 1.165) is 16.9 Å². The molecule has 0 bridgehead atoms. The zero-order valence-electron chi connectivity index (χ0n) is 18.0. The fraction of sp³-hybridized carbons (Fsp3) is 0.200. The van der Waals surface area contributed by atoms with E-state index >= 15 is 0 Å². The summed E-state index contributed by atoms with van der Waals surface area (Å²) in [6, 6.07) is 18.5. The van der Waals surface area contributed by atoms with E-state index in [1.165, 1.54) is 16.3 Å². The monoisotopic (exact) mass is 458 g/mol. The number of amides is 1. The second-order valence-electron chi connectivity index (χ2n) is 7.83. The Labute approximate surface area is 194 Å². The molecule has 0 spiro atoms. The van der Waals surface area contributed by atoms with Crippen LogP contribution in [0.5, 0.6) is 5.75 Å². The minimum atomic E-state index is -0.210. The maximum absolute atomic E-state index is 13.3. The summed E-state index contributed by atoms with van der Waals surface area (Å²) in [5.41, 5.74) is 2.35. The first-order valence-electron chi connectivity index (χ1n) is 10.7. The van der Waals surface area contributed by atoms with E-state index in [2.05, 4.69) is 15.3 Å². The summed E-state index contributed by atoms with van der Waals surface area (Å²) in [5.74, 6) is 1.27. The first-order valence-corrected chi connectivity index (χ1v) is 11.7. The number of para-hydroxylation sites is 2. The van der Waals surface area contributed by atoms with Crippen LogP contribution in [0.1, 0.15) is 23.6 Å². The summed E-state index contributed by atoms with van der Waals surface area (Å²) in [4.78, 5) is 35.2. The number of ether oxygens (including phenoxy) is 1. The van der Waals surface area contributed by atoms with Crippen molar-refractivity contribution in [1.82, 2.24) is 19.9 Å². The van der Waals surface area contributed by atoms with Crippen molar-refractivity contribution < 1.29 is 9.53 Å². The lowest BCUT2D eigenvalue weighted by atomic mass is 10.0. The number of aryl methyl sites for hydroxylation is 1. The van der Waals surface area contributed by atoms with Crippen LogP contribution >= 0.6 is 11.8 Å². The molecule has 0 saturated carbocycles. The predicted octanol–water partition coefficient (Wildman–Crippen LogP) is 3.82. The molecule has 5 rings (SSSR count). The Hall–Kier alpha value is -3.65. The number of carbonyl (C=O) groups is 1. The Kier molecular flexibility index (Phi) is 5.83. The number of thioether (sulfide) groups is 1. The van der Waals surface area contributed by atoms with Crippen molar-refractivity contribution in [3.05, 3.63) is 88.3 Å². The summed E-state index contributed by atoms with van der Waals surface area (Å²) in [6.07, 6.45) is 2.42. The molecular weight excluding hydrogens is 436 g/mol. The molecule has 3 heterocycles. The van der Waals surface area contributed by atoms with Crippen molar-refractivity contribution in [2.75, 3.05) is 12.4 Å². The van der Waals surface area contributed by atoms with Crippen LogP contribution in [0.3, 0.4) is 0 Å². The molecular formula is C25H22N4O3S. The molecule has 1 aliphatic heterocycles. The highest BCUT2D eigenvalue weighted by molar-refractivity contribution is 7.99. The van der Waals surface area contributed by atoms with Crippen molar-refractivity contribution in [2.24, 2.45) is 0 Å². The number of aromatic nitrogens is 3. The highest BCUT2D eigenvalue weighted by atomic mass is 32.2. The highest BCUT2D eigenvalue weighted by Gasteiger charge is 2.23. The number of carbonyl (C=O) groups excluding carboxylic acids is 1. The van der Waals surface area contributed by atoms with Crippen LogP contribution in [0.2, 0.25) is 0 Å². The molecule has 1 N–H and O–H groups in total. The van der Waals surface area contributed by atoms with Crippen molar-refractivity contribution in [3.8, 4) is 11.6 Å². The van der Waals surface area contributed by atoms with Crippen molar-refractivity contribution in [1.29, 1.82) is 0 Å². The Morgan fingerprint density at radius 3 is 2.82 bits per heavy atom. The van der Waals surface area contributed by atoms with Gasteiger partial charge in [-0.3, -0.25) is 9.59 Å². The maximum Gasteiger partial charge on any atom is 0.267 e. The lowest BCUT2D eigenvalue weighted by molar-refractivity contribution is -0.119. The summed E-state index contributed by atoms with van der Waals surface area (Å²) in [5, 5.41) is 4.03. The van der Waals surface area contributed by atoms with Gasteiger partial charge in [0.15, 0.2) is 5.16 Å². The van der Waals surface area contributed by atoms with E-state index in [4.69, 9.17) is 4.74 Å². The number of benzene rings is 2. The third-order valence-corrected chi connectivity index (χ3v) is 6.43. The van der Waals surface area contributed by atoms with E-state index < -0.39 is 0 Å². The average molecular weight is 459 g/mol. The minimum absolute atomic E-state index is 0.103. The standard InChI is InChI=1S/C25H22N4O3S/c1-16-10-11-22(26-14-16)29-24(31)18-7-2-4-8-19(18)28-25(29)33-15-23(30)27-20-12-13-32-21-9-5-3-6-17(20)21/h2-11,14,20H,12-13,15H2,1H3,(H,27,30).